The first kappa shape index (κ1) is 26.5. The molecular formula is C18H31NO5. The number of aliphatic carboxylic acids is 2. The lowest BCUT2D eigenvalue weighted by molar-refractivity contribution is -0.133. The number of carbonyl (C=O) groups is 3. The summed E-state index contributed by atoms with van der Waals surface area (Å²) in [6.45, 7) is 14.0. The first-order chi connectivity index (χ1) is 11.2. The van der Waals surface area contributed by atoms with Gasteiger partial charge in [-0.3, -0.25) is 4.79 Å². The van der Waals surface area contributed by atoms with Gasteiger partial charge >= 0.3 is 11.9 Å². The largest absolute Gasteiger partial charge is 0.478 e. The van der Waals surface area contributed by atoms with Crippen molar-refractivity contribution in [1.29, 1.82) is 0 Å². The Kier molecular flexibility index (Phi) is 22.8. The summed E-state index contributed by atoms with van der Waals surface area (Å²) in [6, 6.07) is 0. The molecule has 0 saturated carbocycles. The van der Waals surface area contributed by atoms with Crippen LogP contribution >= 0.6 is 0 Å². The van der Waals surface area contributed by atoms with E-state index in [-0.39, 0.29) is 11.5 Å². The Balaban J connectivity index is -0.000000332. The maximum atomic E-state index is 10.7. The van der Waals surface area contributed by atoms with Crippen molar-refractivity contribution < 1.29 is 24.6 Å². The topological polar surface area (TPSA) is 104 Å². The number of hydrogen-bond acceptors (Lipinski definition) is 3. The molecule has 0 aromatic heterocycles. The molecule has 0 rings (SSSR count). The highest BCUT2D eigenvalue weighted by atomic mass is 16.4. The molecule has 0 heterocycles. The molecule has 3 N–H and O–H groups in total. The number of nitrogens with one attached hydrogen (secondary N) is 1. The molecule has 0 aliphatic rings. The van der Waals surface area contributed by atoms with Gasteiger partial charge in [0.05, 0.1) is 0 Å². The monoisotopic (exact) mass is 341 g/mol. The van der Waals surface area contributed by atoms with Crippen LogP contribution < -0.4 is 5.32 Å². The number of unbranched alkanes of at least 4 members (excludes halogenated alkanes) is 5. The summed E-state index contributed by atoms with van der Waals surface area (Å²) in [6.07, 6.45) is 9.69. The van der Waals surface area contributed by atoms with Crippen LogP contribution in [-0.2, 0) is 14.4 Å². The third-order valence-electron chi connectivity index (χ3n) is 2.55. The second kappa shape index (κ2) is 20.6. The fraction of sp³-hybridized carbons (Fsp3) is 0.500. The van der Waals surface area contributed by atoms with Crippen molar-refractivity contribution in [2.75, 3.05) is 6.54 Å². The van der Waals surface area contributed by atoms with E-state index in [1.54, 1.807) is 0 Å². The van der Waals surface area contributed by atoms with E-state index in [1.807, 2.05) is 0 Å². The van der Waals surface area contributed by atoms with Crippen LogP contribution in [0.1, 0.15) is 52.4 Å². The van der Waals surface area contributed by atoms with Crippen molar-refractivity contribution in [2.45, 2.75) is 52.4 Å². The minimum absolute atomic E-state index is 0.0615. The molecule has 1 amide bonds. The Hall–Kier alpha value is -2.37. The number of carboxylic acid groups (broad SMARTS) is 2. The molecule has 24 heavy (non-hydrogen) atoms. The van der Waals surface area contributed by atoms with Gasteiger partial charge in [-0.05, 0) is 19.4 Å². The number of carboxylic acids is 2. The number of amides is 1. The Morgan fingerprint density at radius 2 is 1.38 bits per heavy atom. The predicted octanol–water partition coefficient (Wildman–Crippen LogP) is 3.55. The third-order valence-corrected chi connectivity index (χ3v) is 2.55. The lowest BCUT2D eigenvalue weighted by atomic mass is 10.1. The van der Waals surface area contributed by atoms with Gasteiger partial charge in [0.15, 0.2) is 0 Å². The van der Waals surface area contributed by atoms with Crippen molar-refractivity contribution in [3.8, 4) is 0 Å². The highest BCUT2D eigenvalue weighted by molar-refractivity contribution is 5.86. The zero-order valence-corrected chi connectivity index (χ0v) is 14.8. The van der Waals surface area contributed by atoms with Gasteiger partial charge in [0.25, 0.3) is 0 Å². The highest BCUT2D eigenvalue weighted by Crippen LogP contribution is 2.03. The van der Waals surface area contributed by atoms with Crippen molar-refractivity contribution >= 4 is 17.8 Å². The molecule has 0 spiro atoms. The normalized spacial score (nSPS) is 8.42. The smallest absolute Gasteiger partial charge is 0.330 e. The van der Waals surface area contributed by atoms with Gasteiger partial charge in [-0.1, -0.05) is 58.8 Å². The fourth-order valence-electron chi connectivity index (χ4n) is 1.19. The lowest BCUT2D eigenvalue weighted by Gasteiger charge is -2.01. The van der Waals surface area contributed by atoms with Gasteiger partial charge in [0.2, 0.25) is 5.91 Å². The first-order valence-corrected chi connectivity index (χ1v) is 7.87. The molecule has 0 saturated heterocycles. The molecule has 0 aliphatic heterocycles. The standard InChI is InChI=1S/C11H21NO.C4H6O2.C3H4O2/c1-3-5-6-7-8-9-10-12-11(13)4-2;1-3(2)4(5)6;1-2-3(4)5/h4H,2-3,5-10H2,1H3,(H,12,13);1H2,2H3,(H,5,6);2H,1H2,(H,4,5). The number of rotatable bonds is 10. The van der Waals surface area contributed by atoms with Crippen LogP contribution in [0.4, 0.5) is 0 Å². The third kappa shape index (κ3) is 31.8. The van der Waals surface area contributed by atoms with Crippen molar-refractivity contribution in [3.63, 3.8) is 0 Å². The highest BCUT2D eigenvalue weighted by Gasteiger charge is 1.93. The van der Waals surface area contributed by atoms with E-state index in [2.05, 4.69) is 32.0 Å². The molecule has 0 radical (unpaired) electrons. The average molecular weight is 341 g/mol. The van der Waals surface area contributed by atoms with Crippen molar-refractivity contribution in [1.82, 2.24) is 5.32 Å². The number of carbonyl (C=O) groups excluding carboxylic acids is 1. The molecule has 138 valence electrons. The zero-order valence-electron chi connectivity index (χ0n) is 14.8. The maximum Gasteiger partial charge on any atom is 0.330 e. The molecule has 0 aromatic rings. The van der Waals surface area contributed by atoms with Crippen molar-refractivity contribution in [3.05, 3.63) is 37.5 Å². The van der Waals surface area contributed by atoms with Crippen LogP contribution in [0.25, 0.3) is 0 Å². The van der Waals surface area contributed by atoms with Crippen LogP contribution in [0.2, 0.25) is 0 Å². The van der Waals surface area contributed by atoms with Gasteiger partial charge in [-0.25, -0.2) is 9.59 Å². The molecule has 0 atom stereocenters. The van der Waals surface area contributed by atoms with Gasteiger partial charge in [-0.2, -0.15) is 0 Å². The summed E-state index contributed by atoms with van der Waals surface area (Å²) in [4.78, 5) is 29.6. The molecule has 0 bridgehead atoms. The summed E-state index contributed by atoms with van der Waals surface area (Å²) >= 11 is 0. The molecular weight excluding hydrogens is 310 g/mol. The van der Waals surface area contributed by atoms with E-state index in [9.17, 15) is 14.4 Å². The van der Waals surface area contributed by atoms with Gasteiger partial charge < -0.3 is 15.5 Å². The lowest BCUT2D eigenvalue weighted by Crippen LogP contribution is -2.21. The van der Waals surface area contributed by atoms with Gasteiger partial charge in [0, 0.05) is 18.2 Å². The summed E-state index contributed by atoms with van der Waals surface area (Å²) in [5, 5.41) is 18.3. The minimum atomic E-state index is -0.981. The molecule has 6 nitrogen and oxygen atoms in total. The fourth-order valence-corrected chi connectivity index (χ4v) is 1.19. The Morgan fingerprint density at radius 3 is 1.71 bits per heavy atom. The minimum Gasteiger partial charge on any atom is -0.478 e. The van der Waals surface area contributed by atoms with Crippen LogP contribution in [0.3, 0.4) is 0 Å². The van der Waals surface area contributed by atoms with Gasteiger partial charge in [0.1, 0.15) is 0 Å². The second-order valence-electron chi connectivity index (χ2n) is 4.89. The van der Waals surface area contributed by atoms with Crippen molar-refractivity contribution in [2.24, 2.45) is 0 Å². The van der Waals surface area contributed by atoms with E-state index in [0.29, 0.717) is 0 Å². The first-order valence-electron chi connectivity index (χ1n) is 7.87. The van der Waals surface area contributed by atoms with Crippen LogP contribution in [0.15, 0.2) is 37.5 Å². The van der Waals surface area contributed by atoms with Crippen LogP contribution in [0, 0.1) is 0 Å². The van der Waals surface area contributed by atoms with E-state index in [1.165, 1.54) is 45.1 Å². The summed E-state index contributed by atoms with van der Waals surface area (Å²) in [5.74, 6) is -1.98. The zero-order chi connectivity index (χ0) is 19.4. The molecule has 6 heteroatoms. The average Bonchev–Trinajstić information content (AvgIpc) is 2.54. The van der Waals surface area contributed by atoms with E-state index < -0.39 is 11.9 Å². The van der Waals surface area contributed by atoms with Crippen LogP contribution in [0.5, 0.6) is 0 Å². The summed E-state index contributed by atoms with van der Waals surface area (Å²) in [5.41, 5.74) is 0.176. The quantitative estimate of drug-likeness (QED) is 0.416. The van der Waals surface area contributed by atoms with Gasteiger partial charge in [-0.15, -0.1) is 0 Å². The van der Waals surface area contributed by atoms with E-state index in [4.69, 9.17) is 10.2 Å². The SMILES string of the molecule is C=C(C)C(=O)O.C=CC(=O)NCCCCCCCC.C=CC(=O)O. The maximum absolute atomic E-state index is 10.7. The molecule has 0 unspecified atom stereocenters. The second-order valence-corrected chi connectivity index (χ2v) is 4.89. The predicted molar refractivity (Wildman–Crippen MR) is 96.9 cm³/mol. The summed E-state index contributed by atoms with van der Waals surface area (Å²) < 4.78 is 0. The van der Waals surface area contributed by atoms with E-state index in [0.717, 1.165) is 19.0 Å². The Morgan fingerprint density at radius 1 is 0.958 bits per heavy atom. The van der Waals surface area contributed by atoms with Crippen LogP contribution in [-0.4, -0.2) is 34.6 Å². The molecule has 0 fully saturated rings. The molecule has 0 aromatic carbocycles. The number of hydrogen-bond donors (Lipinski definition) is 3. The molecule has 0 aliphatic carbocycles. The van der Waals surface area contributed by atoms with E-state index >= 15 is 0 Å². The summed E-state index contributed by atoms with van der Waals surface area (Å²) in [7, 11) is 0. The Bertz CT molecular complexity index is 390. The Labute approximate surface area is 145 Å².